The van der Waals surface area contributed by atoms with Crippen LogP contribution < -0.4 is 11.1 Å². The molecule has 1 aromatic carbocycles. The topological polar surface area (TPSA) is 63.3 Å². The molecule has 1 aromatic heterocycles. The lowest BCUT2D eigenvalue weighted by molar-refractivity contribution is 0.964. The summed E-state index contributed by atoms with van der Waals surface area (Å²) in [5.41, 5.74) is 10.9. The van der Waals surface area contributed by atoms with Crippen molar-refractivity contribution in [2.45, 2.75) is 47.0 Å². The molecule has 0 saturated carbocycles. The molecule has 3 N–H and O–H groups in total. The number of para-hydroxylation sites is 1. The number of guanidine groups is 1. The predicted octanol–water partition coefficient (Wildman–Crippen LogP) is 3.85. The van der Waals surface area contributed by atoms with Gasteiger partial charge >= 0.3 is 0 Å². The molecule has 4 nitrogen and oxygen atoms in total. The maximum atomic E-state index is 6.09. The van der Waals surface area contributed by atoms with Crippen molar-refractivity contribution in [1.82, 2.24) is 4.98 Å². The maximum absolute atomic E-state index is 6.09. The zero-order chi connectivity index (χ0) is 16.8. The van der Waals surface area contributed by atoms with Gasteiger partial charge in [-0.05, 0) is 37.8 Å². The predicted molar refractivity (Wildman–Crippen MR) is 101 cm³/mol. The largest absolute Gasteiger partial charge is 0.370 e. The number of hydrogen-bond acceptors (Lipinski definition) is 3. The van der Waals surface area contributed by atoms with E-state index in [1.165, 1.54) is 16.0 Å². The van der Waals surface area contributed by atoms with Gasteiger partial charge in [0.05, 0.1) is 10.7 Å². The first-order valence-electron chi connectivity index (χ1n) is 8.15. The number of nitrogens with two attached hydrogens (primary N) is 1. The Kier molecular flexibility index (Phi) is 6.16. The molecule has 0 aliphatic carbocycles. The number of aromatic nitrogens is 1. The Bertz CT molecular complexity index is 666. The van der Waals surface area contributed by atoms with Crippen LogP contribution in [0.5, 0.6) is 0 Å². The lowest BCUT2D eigenvalue weighted by atomic mass is 10.0. The van der Waals surface area contributed by atoms with Crippen LogP contribution in [0.2, 0.25) is 0 Å². The van der Waals surface area contributed by atoms with Crippen LogP contribution in [0.1, 0.15) is 40.6 Å². The zero-order valence-corrected chi connectivity index (χ0v) is 15.3. The third kappa shape index (κ3) is 4.55. The average molecular weight is 331 g/mol. The van der Waals surface area contributed by atoms with E-state index in [0.29, 0.717) is 12.5 Å². The highest BCUT2D eigenvalue weighted by atomic mass is 32.1. The molecule has 0 fully saturated rings. The Labute approximate surface area is 142 Å². The van der Waals surface area contributed by atoms with Crippen LogP contribution >= 0.6 is 11.3 Å². The third-order valence-corrected chi connectivity index (χ3v) is 5.01. The number of anilines is 1. The first kappa shape index (κ1) is 17.5. The summed E-state index contributed by atoms with van der Waals surface area (Å²) in [5, 5.41) is 4.41. The van der Waals surface area contributed by atoms with Crippen LogP contribution in [0.25, 0.3) is 0 Å². The van der Waals surface area contributed by atoms with E-state index in [4.69, 9.17) is 5.73 Å². The van der Waals surface area contributed by atoms with Crippen LogP contribution in [0.4, 0.5) is 5.69 Å². The summed E-state index contributed by atoms with van der Waals surface area (Å²) in [6.45, 7) is 9.07. The SMILES string of the molecule is CCc1cccc(CC)c1NC(N)=NCCc1sc(C)nc1C. The van der Waals surface area contributed by atoms with Crippen LogP contribution in [-0.2, 0) is 19.3 Å². The molecular weight excluding hydrogens is 304 g/mol. The zero-order valence-electron chi connectivity index (χ0n) is 14.4. The Balaban J connectivity index is 2.04. The highest BCUT2D eigenvalue weighted by molar-refractivity contribution is 7.11. The molecule has 23 heavy (non-hydrogen) atoms. The molecule has 0 unspecified atom stereocenters. The van der Waals surface area contributed by atoms with Gasteiger partial charge in [-0.3, -0.25) is 4.99 Å². The van der Waals surface area contributed by atoms with Gasteiger partial charge < -0.3 is 11.1 Å². The molecule has 0 aliphatic heterocycles. The molecule has 0 amide bonds. The lowest BCUT2D eigenvalue weighted by Crippen LogP contribution is -2.24. The second-order valence-corrected chi connectivity index (χ2v) is 6.83. The van der Waals surface area contributed by atoms with Crippen molar-refractivity contribution < 1.29 is 0 Å². The fourth-order valence-electron chi connectivity index (χ4n) is 2.65. The molecular formula is C18H26N4S. The number of aliphatic imine (C=N–C) groups is 1. The van der Waals surface area contributed by atoms with Crippen molar-refractivity contribution in [1.29, 1.82) is 0 Å². The summed E-state index contributed by atoms with van der Waals surface area (Å²) in [4.78, 5) is 10.2. The second kappa shape index (κ2) is 8.11. The molecule has 0 saturated heterocycles. The molecule has 0 radical (unpaired) electrons. The molecule has 2 aromatic rings. The van der Waals surface area contributed by atoms with E-state index in [1.54, 1.807) is 11.3 Å². The minimum atomic E-state index is 0.486. The molecule has 124 valence electrons. The summed E-state index contributed by atoms with van der Waals surface area (Å²) in [5.74, 6) is 0.486. The quantitative estimate of drug-likeness (QED) is 0.624. The van der Waals surface area contributed by atoms with Crippen LogP contribution in [0.3, 0.4) is 0 Å². The summed E-state index contributed by atoms with van der Waals surface area (Å²) in [6, 6.07) is 6.38. The van der Waals surface area contributed by atoms with Crippen molar-refractivity contribution in [3.63, 3.8) is 0 Å². The lowest BCUT2D eigenvalue weighted by Gasteiger charge is -2.14. The smallest absolute Gasteiger partial charge is 0.193 e. The third-order valence-electron chi connectivity index (χ3n) is 3.87. The van der Waals surface area contributed by atoms with Crippen molar-refractivity contribution >= 4 is 23.0 Å². The molecule has 1 heterocycles. The monoisotopic (exact) mass is 330 g/mol. The van der Waals surface area contributed by atoms with Crippen LogP contribution in [0.15, 0.2) is 23.2 Å². The Morgan fingerprint density at radius 2 is 1.87 bits per heavy atom. The summed E-state index contributed by atoms with van der Waals surface area (Å²) < 4.78 is 0. The number of nitrogens with zero attached hydrogens (tertiary/aromatic N) is 2. The number of nitrogens with one attached hydrogen (secondary N) is 1. The van der Waals surface area contributed by atoms with Gasteiger partial charge in [-0.2, -0.15) is 0 Å². The van der Waals surface area contributed by atoms with Gasteiger partial charge in [-0.15, -0.1) is 11.3 Å². The van der Waals surface area contributed by atoms with E-state index >= 15 is 0 Å². The fourth-order valence-corrected chi connectivity index (χ4v) is 3.58. The first-order valence-corrected chi connectivity index (χ1v) is 8.97. The molecule has 0 atom stereocenters. The summed E-state index contributed by atoms with van der Waals surface area (Å²) in [6.07, 6.45) is 2.83. The van der Waals surface area contributed by atoms with Crippen molar-refractivity contribution in [2.24, 2.45) is 10.7 Å². The minimum Gasteiger partial charge on any atom is -0.370 e. The van der Waals surface area contributed by atoms with Crippen molar-refractivity contribution in [3.05, 3.63) is 44.9 Å². The first-order chi connectivity index (χ1) is 11.0. The Hall–Kier alpha value is -1.88. The van der Waals surface area contributed by atoms with E-state index in [1.807, 2.05) is 6.92 Å². The number of benzene rings is 1. The molecule has 2 rings (SSSR count). The normalized spacial score (nSPS) is 11.7. The van der Waals surface area contributed by atoms with E-state index in [0.717, 1.165) is 35.7 Å². The molecule has 0 spiro atoms. The van der Waals surface area contributed by atoms with Gasteiger partial charge in [-0.1, -0.05) is 32.0 Å². The molecule has 5 heteroatoms. The minimum absolute atomic E-state index is 0.486. The van der Waals surface area contributed by atoms with E-state index in [2.05, 4.69) is 54.3 Å². The maximum Gasteiger partial charge on any atom is 0.193 e. The Morgan fingerprint density at radius 3 is 2.39 bits per heavy atom. The van der Waals surface area contributed by atoms with Crippen LogP contribution in [-0.4, -0.2) is 17.5 Å². The highest BCUT2D eigenvalue weighted by Crippen LogP contribution is 2.22. The Morgan fingerprint density at radius 1 is 1.22 bits per heavy atom. The summed E-state index contributed by atoms with van der Waals surface area (Å²) in [7, 11) is 0. The number of thiazole rings is 1. The number of aryl methyl sites for hydroxylation is 4. The van der Waals surface area contributed by atoms with Gasteiger partial charge in [0.1, 0.15) is 0 Å². The van der Waals surface area contributed by atoms with Crippen LogP contribution in [0, 0.1) is 13.8 Å². The number of rotatable bonds is 6. The second-order valence-electron chi connectivity index (χ2n) is 5.54. The van der Waals surface area contributed by atoms with Gasteiger partial charge in [-0.25, -0.2) is 4.98 Å². The standard InChI is InChI=1S/C18H26N4S/c1-5-14-8-7-9-15(6-2)17(14)22-18(19)20-11-10-16-12(3)21-13(4)23-16/h7-9H,5-6,10-11H2,1-4H3,(H3,19,20,22). The van der Waals surface area contributed by atoms with Crippen molar-refractivity contribution in [3.8, 4) is 0 Å². The average Bonchev–Trinajstić information content (AvgIpc) is 2.85. The van der Waals surface area contributed by atoms with Crippen molar-refractivity contribution in [2.75, 3.05) is 11.9 Å². The summed E-state index contributed by atoms with van der Waals surface area (Å²) >= 11 is 1.74. The molecule has 0 bridgehead atoms. The highest BCUT2D eigenvalue weighted by Gasteiger charge is 2.07. The van der Waals surface area contributed by atoms with Gasteiger partial charge in [0.25, 0.3) is 0 Å². The number of hydrogen-bond donors (Lipinski definition) is 2. The van der Waals surface area contributed by atoms with E-state index in [9.17, 15) is 0 Å². The molecule has 0 aliphatic rings. The van der Waals surface area contributed by atoms with Gasteiger partial charge in [0.15, 0.2) is 5.96 Å². The van der Waals surface area contributed by atoms with E-state index < -0.39 is 0 Å². The van der Waals surface area contributed by atoms with Gasteiger partial charge in [0, 0.05) is 23.5 Å². The van der Waals surface area contributed by atoms with E-state index in [-0.39, 0.29) is 0 Å². The van der Waals surface area contributed by atoms with Gasteiger partial charge in [0.2, 0.25) is 0 Å². The fraction of sp³-hybridized carbons (Fsp3) is 0.444.